The van der Waals surface area contributed by atoms with Crippen molar-refractivity contribution in [2.45, 2.75) is 91.1 Å². The summed E-state index contributed by atoms with van der Waals surface area (Å²) in [4.78, 5) is 54.2. The summed E-state index contributed by atoms with van der Waals surface area (Å²) in [6.45, 7) is 8.38. The highest BCUT2D eigenvalue weighted by molar-refractivity contribution is 5.92. The number of benzene rings is 2. The number of rotatable bonds is 14. The third kappa shape index (κ3) is 9.66. The van der Waals surface area contributed by atoms with Crippen molar-refractivity contribution < 1.29 is 23.9 Å². The van der Waals surface area contributed by atoms with Crippen molar-refractivity contribution in [1.82, 2.24) is 15.1 Å². The zero-order valence-corrected chi connectivity index (χ0v) is 26.7. The van der Waals surface area contributed by atoms with Crippen LogP contribution < -0.4 is 10.1 Å². The lowest BCUT2D eigenvalue weighted by atomic mass is 9.94. The minimum Gasteiger partial charge on any atom is -0.494 e. The highest BCUT2D eigenvalue weighted by Crippen LogP contribution is 2.24. The molecule has 2 aromatic carbocycles. The van der Waals surface area contributed by atoms with Crippen LogP contribution in [-0.2, 0) is 32.1 Å². The molecule has 3 atom stereocenters. The molecule has 2 heterocycles. The van der Waals surface area contributed by atoms with E-state index in [4.69, 9.17) is 4.74 Å². The van der Waals surface area contributed by atoms with Gasteiger partial charge < -0.3 is 19.9 Å². The van der Waals surface area contributed by atoms with E-state index in [1.807, 2.05) is 55.1 Å². The smallest absolute Gasteiger partial charge is 0.225 e. The highest BCUT2D eigenvalue weighted by atomic mass is 16.5. The lowest BCUT2D eigenvalue weighted by Crippen LogP contribution is -2.50. The largest absolute Gasteiger partial charge is 0.494 e. The second-order valence-electron chi connectivity index (χ2n) is 12.6. The van der Waals surface area contributed by atoms with Gasteiger partial charge >= 0.3 is 0 Å². The Balaban J connectivity index is 1.21. The molecule has 0 radical (unpaired) electrons. The zero-order chi connectivity index (χ0) is 31.5. The molecular formula is C36H49N3O5. The van der Waals surface area contributed by atoms with Gasteiger partial charge in [0.1, 0.15) is 5.75 Å². The van der Waals surface area contributed by atoms with Gasteiger partial charge in [-0.25, -0.2) is 0 Å². The first kappa shape index (κ1) is 33.2. The van der Waals surface area contributed by atoms with Crippen LogP contribution >= 0.6 is 0 Å². The monoisotopic (exact) mass is 603 g/mol. The van der Waals surface area contributed by atoms with Crippen molar-refractivity contribution in [2.24, 2.45) is 11.8 Å². The molecule has 0 bridgehead atoms. The summed E-state index contributed by atoms with van der Waals surface area (Å²) in [7, 11) is 0. The fourth-order valence-electron chi connectivity index (χ4n) is 6.24. The third-order valence-corrected chi connectivity index (χ3v) is 9.17. The van der Waals surface area contributed by atoms with Crippen LogP contribution in [-0.4, -0.2) is 65.6 Å². The fourth-order valence-corrected chi connectivity index (χ4v) is 6.24. The lowest BCUT2D eigenvalue weighted by molar-refractivity contribution is -0.145. The lowest BCUT2D eigenvalue weighted by Gasteiger charge is -2.36. The Morgan fingerprint density at radius 3 is 2.59 bits per heavy atom. The summed E-state index contributed by atoms with van der Waals surface area (Å²) in [5.41, 5.74) is 3.38. The molecule has 0 aliphatic carbocycles. The zero-order valence-electron chi connectivity index (χ0n) is 26.7. The van der Waals surface area contributed by atoms with E-state index in [-0.39, 0.29) is 35.8 Å². The van der Waals surface area contributed by atoms with E-state index in [2.05, 4.69) is 17.4 Å². The number of carbonyl (C=O) groups is 4. The van der Waals surface area contributed by atoms with Gasteiger partial charge in [-0.05, 0) is 93.5 Å². The maximum absolute atomic E-state index is 13.2. The van der Waals surface area contributed by atoms with E-state index < -0.39 is 6.04 Å². The standard InChI is InChI=1S/C36H49N3O5/c1-26-15-17-32(22-31(26)24-37-36(43)27(2)14-16-29-10-5-4-6-11-29)44-21-18-30-12-9-19-38(25-30)35(42)23-33(28(3)40)39-20-8-7-13-34(39)41/h4-6,10-11,15,17,22,27,30,33H,7-9,12-14,16,18-21,23-25H2,1-3H3,(H,37,43)/t27-,30?,33-/m0/s1. The molecule has 0 aromatic heterocycles. The number of aryl methyl sites for hydroxylation is 2. The minimum absolute atomic E-state index is 0.0204. The predicted octanol–water partition coefficient (Wildman–Crippen LogP) is 5.25. The van der Waals surface area contributed by atoms with Gasteiger partial charge in [-0.3, -0.25) is 19.2 Å². The van der Waals surface area contributed by atoms with Gasteiger partial charge in [-0.2, -0.15) is 0 Å². The number of nitrogens with one attached hydrogen (secondary N) is 1. The fraction of sp³-hybridized carbons (Fsp3) is 0.556. The normalized spacial score (nSPS) is 18.4. The Hall–Kier alpha value is -3.68. The van der Waals surface area contributed by atoms with Crippen LogP contribution in [0.5, 0.6) is 5.75 Å². The Morgan fingerprint density at radius 2 is 1.84 bits per heavy atom. The van der Waals surface area contributed by atoms with Crippen LogP contribution in [0, 0.1) is 18.8 Å². The van der Waals surface area contributed by atoms with E-state index in [9.17, 15) is 19.2 Å². The number of hydrogen-bond acceptors (Lipinski definition) is 5. The van der Waals surface area contributed by atoms with Crippen molar-refractivity contribution in [3.8, 4) is 5.75 Å². The number of ether oxygens (including phenoxy) is 1. The second-order valence-corrected chi connectivity index (χ2v) is 12.6. The average Bonchev–Trinajstić information content (AvgIpc) is 3.03. The molecule has 1 unspecified atom stereocenters. The van der Waals surface area contributed by atoms with E-state index in [1.54, 1.807) is 4.90 Å². The Bertz CT molecular complexity index is 1280. The average molecular weight is 604 g/mol. The van der Waals surface area contributed by atoms with E-state index >= 15 is 0 Å². The number of nitrogens with zero attached hydrogens (tertiary/aromatic N) is 2. The van der Waals surface area contributed by atoms with Crippen molar-refractivity contribution in [3.05, 3.63) is 65.2 Å². The number of ketones is 1. The molecule has 8 nitrogen and oxygen atoms in total. The molecule has 4 rings (SSSR count). The van der Waals surface area contributed by atoms with Crippen molar-refractivity contribution in [1.29, 1.82) is 0 Å². The number of carbonyl (C=O) groups excluding carboxylic acids is 4. The maximum atomic E-state index is 13.2. The Morgan fingerprint density at radius 1 is 1.05 bits per heavy atom. The Labute approximate surface area is 262 Å². The van der Waals surface area contributed by atoms with Gasteiger partial charge in [0.15, 0.2) is 5.78 Å². The molecule has 8 heteroatoms. The van der Waals surface area contributed by atoms with Crippen LogP contribution in [0.15, 0.2) is 48.5 Å². The SMILES string of the molecule is CC(=O)[C@H](CC(=O)N1CCCC(CCOc2ccc(C)c(CNC(=O)[C@@H](C)CCc3ccccc3)c2)C1)N1CCCCC1=O. The molecule has 1 N–H and O–H groups in total. The summed E-state index contributed by atoms with van der Waals surface area (Å²) in [5, 5.41) is 3.10. The molecule has 3 amide bonds. The molecule has 2 aromatic rings. The molecule has 238 valence electrons. The number of likely N-dealkylation sites (tertiary alicyclic amines) is 2. The van der Waals surface area contributed by atoms with E-state index in [0.717, 1.165) is 61.8 Å². The van der Waals surface area contributed by atoms with Gasteiger partial charge in [0.2, 0.25) is 17.7 Å². The summed E-state index contributed by atoms with van der Waals surface area (Å²) in [5.74, 6) is 0.891. The van der Waals surface area contributed by atoms with Gasteiger partial charge in [0.05, 0.1) is 19.1 Å². The summed E-state index contributed by atoms with van der Waals surface area (Å²) in [6, 6.07) is 15.6. The quantitative estimate of drug-likeness (QED) is 0.318. The summed E-state index contributed by atoms with van der Waals surface area (Å²) < 4.78 is 6.12. The van der Waals surface area contributed by atoms with Crippen LogP contribution in [0.1, 0.15) is 81.9 Å². The minimum atomic E-state index is -0.656. The van der Waals surface area contributed by atoms with Crippen LogP contribution in [0.2, 0.25) is 0 Å². The van der Waals surface area contributed by atoms with Gasteiger partial charge in [0.25, 0.3) is 0 Å². The molecule has 2 aliphatic rings. The first-order valence-corrected chi connectivity index (χ1v) is 16.3. The van der Waals surface area contributed by atoms with Crippen LogP contribution in [0.4, 0.5) is 0 Å². The van der Waals surface area contributed by atoms with E-state index in [0.29, 0.717) is 45.1 Å². The second kappa shape index (κ2) is 16.4. The van der Waals surface area contributed by atoms with Crippen molar-refractivity contribution >= 4 is 23.5 Å². The van der Waals surface area contributed by atoms with Gasteiger partial charge in [-0.1, -0.05) is 43.3 Å². The third-order valence-electron chi connectivity index (χ3n) is 9.17. The van der Waals surface area contributed by atoms with Crippen molar-refractivity contribution in [3.63, 3.8) is 0 Å². The summed E-state index contributed by atoms with van der Waals surface area (Å²) in [6.07, 6.45) is 6.70. The van der Waals surface area contributed by atoms with Gasteiger partial charge in [-0.15, -0.1) is 0 Å². The topological polar surface area (TPSA) is 96.0 Å². The summed E-state index contributed by atoms with van der Waals surface area (Å²) >= 11 is 0. The molecule has 2 aliphatic heterocycles. The molecule has 0 saturated carbocycles. The van der Waals surface area contributed by atoms with E-state index in [1.165, 1.54) is 12.5 Å². The first-order valence-electron chi connectivity index (χ1n) is 16.3. The number of amides is 3. The maximum Gasteiger partial charge on any atom is 0.225 e. The van der Waals surface area contributed by atoms with Crippen LogP contribution in [0.25, 0.3) is 0 Å². The number of piperidine rings is 2. The Kier molecular flexibility index (Phi) is 12.4. The molecule has 2 saturated heterocycles. The number of hydrogen-bond donors (Lipinski definition) is 1. The predicted molar refractivity (Wildman–Crippen MR) is 171 cm³/mol. The highest BCUT2D eigenvalue weighted by Gasteiger charge is 2.33. The molecule has 0 spiro atoms. The molecular weight excluding hydrogens is 554 g/mol. The van der Waals surface area contributed by atoms with Crippen LogP contribution in [0.3, 0.4) is 0 Å². The number of Topliss-reactive ketones (excluding diaryl/α,β-unsaturated/α-hetero) is 1. The molecule has 44 heavy (non-hydrogen) atoms. The van der Waals surface area contributed by atoms with Crippen molar-refractivity contribution in [2.75, 3.05) is 26.2 Å². The molecule has 2 fully saturated rings. The first-order chi connectivity index (χ1) is 21.2. The van der Waals surface area contributed by atoms with Gasteiger partial charge in [0, 0.05) is 38.5 Å².